The van der Waals surface area contributed by atoms with Gasteiger partial charge in [0.05, 0.1) is 0 Å². The molecule has 4 heteroatoms. The molecule has 1 amide bonds. The van der Waals surface area contributed by atoms with Crippen molar-refractivity contribution in [3.05, 3.63) is 16.1 Å². The van der Waals surface area contributed by atoms with Crippen LogP contribution in [0.3, 0.4) is 0 Å². The van der Waals surface area contributed by atoms with Crippen molar-refractivity contribution < 1.29 is 4.79 Å². The van der Waals surface area contributed by atoms with E-state index in [1.54, 1.807) is 5.38 Å². The molecule has 0 unspecified atom stereocenters. The second-order valence-electron chi connectivity index (χ2n) is 1.66. The first-order valence-corrected chi connectivity index (χ1v) is 3.30. The Morgan fingerprint density at radius 3 is 2.78 bits per heavy atom. The molecule has 0 saturated carbocycles. The highest BCUT2D eigenvalue weighted by atomic mass is 32.1. The zero-order chi connectivity index (χ0) is 6.85. The Morgan fingerprint density at radius 2 is 2.56 bits per heavy atom. The zero-order valence-electron chi connectivity index (χ0n) is 4.92. The Hall–Kier alpha value is -0.900. The van der Waals surface area contributed by atoms with E-state index in [4.69, 9.17) is 5.73 Å². The van der Waals surface area contributed by atoms with Crippen molar-refractivity contribution in [1.82, 2.24) is 4.98 Å². The quantitative estimate of drug-likeness (QED) is 0.622. The van der Waals surface area contributed by atoms with Gasteiger partial charge >= 0.3 is 0 Å². The van der Waals surface area contributed by atoms with Crippen LogP contribution in [0.5, 0.6) is 0 Å². The van der Waals surface area contributed by atoms with Gasteiger partial charge in [0.2, 0.25) is 0 Å². The summed E-state index contributed by atoms with van der Waals surface area (Å²) in [5, 5.41) is 2.17. The van der Waals surface area contributed by atoms with Crippen molar-refractivity contribution in [1.29, 1.82) is 0 Å². The van der Waals surface area contributed by atoms with Crippen LogP contribution in [0.2, 0.25) is 0 Å². The summed E-state index contributed by atoms with van der Waals surface area (Å²) in [6.07, 6.45) is 0. The molecule has 1 heterocycles. The summed E-state index contributed by atoms with van der Waals surface area (Å²) < 4.78 is 0. The van der Waals surface area contributed by atoms with Crippen molar-refractivity contribution in [2.24, 2.45) is 5.73 Å². The maximum absolute atomic E-state index is 10.4. The minimum atomic E-state index is -0.451. The molecule has 0 fully saturated rings. The summed E-state index contributed by atoms with van der Waals surface area (Å²) in [5.74, 6) is -0.451. The summed E-state index contributed by atoms with van der Waals surface area (Å²) in [6.45, 7) is 1.82. The van der Waals surface area contributed by atoms with E-state index in [0.29, 0.717) is 5.01 Å². The lowest BCUT2D eigenvalue weighted by Gasteiger charge is -1.80. The number of thiazole rings is 1. The van der Waals surface area contributed by atoms with Gasteiger partial charge in [-0.25, -0.2) is 4.98 Å². The van der Waals surface area contributed by atoms with Gasteiger partial charge in [0.1, 0.15) is 0 Å². The first-order valence-electron chi connectivity index (χ1n) is 2.42. The lowest BCUT2D eigenvalue weighted by atomic mass is 10.6. The molecule has 0 aliphatic rings. The summed E-state index contributed by atoms with van der Waals surface area (Å²) >= 11 is 1.27. The minimum Gasteiger partial charge on any atom is -0.364 e. The Balaban J connectivity index is 2.98. The molecule has 1 aromatic heterocycles. The van der Waals surface area contributed by atoms with E-state index in [9.17, 15) is 4.79 Å². The molecule has 48 valence electrons. The zero-order valence-corrected chi connectivity index (χ0v) is 5.73. The van der Waals surface area contributed by atoms with Gasteiger partial charge in [0, 0.05) is 11.1 Å². The lowest BCUT2D eigenvalue weighted by molar-refractivity contribution is 0.1000. The molecule has 0 aliphatic heterocycles. The number of nitrogens with two attached hydrogens (primary N) is 1. The van der Waals surface area contributed by atoms with E-state index in [-0.39, 0.29) is 0 Å². The molecule has 0 spiro atoms. The highest BCUT2D eigenvalue weighted by molar-refractivity contribution is 7.11. The topological polar surface area (TPSA) is 56.0 Å². The SMILES string of the molecule is Cc1csc(C(N)=O)n1. The molecule has 1 rings (SSSR count). The Kier molecular flexibility index (Phi) is 1.48. The number of aryl methyl sites for hydroxylation is 1. The van der Waals surface area contributed by atoms with Crippen LogP contribution in [-0.2, 0) is 0 Å². The minimum absolute atomic E-state index is 0.382. The van der Waals surface area contributed by atoms with Crippen molar-refractivity contribution in [3.63, 3.8) is 0 Å². The molecule has 0 radical (unpaired) electrons. The maximum atomic E-state index is 10.4. The van der Waals surface area contributed by atoms with Gasteiger partial charge in [-0.1, -0.05) is 0 Å². The fraction of sp³-hybridized carbons (Fsp3) is 0.200. The normalized spacial score (nSPS) is 9.44. The van der Waals surface area contributed by atoms with Crippen LogP contribution in [0.4, 0.5) is 0 Å². The van der Waals surface area contributed by atoms with E-state index < -0.39 is 5.91 Å². The van der Waals surface area contributed by atoms with Gasteiger partial charge in [-0.15, -0.1) is 11.3 Å². The Labute approximate surface area is 56.5 Å². The average Bonchev–Trinajstić information content (AvgIpc) is 2.14. The molecule has 0 atom stereocenters. The molecule has 0 aliphatic carbocycles. The lowest BCUT2D eigenvalue weighted by Crippen LogP contribution is -2.10. The monoisotopic (exact) mass is 142 g/mol. The Bertz CT molecular complexity index is 231. The molecule has 9 heavy (non-hydrogen) atoms. The predicted octanol–water partition coefficient (Wildman–Crippen LogP) is 0.550. The molecule has 0 bridgehead atoms. The molecule has 0 aromatic carbocycles. The van der Waals surface area contributed by atoms with E-state index >= 15 is 0 Å². The van der Waals surface area contributed by atoms with Gasteiger partial charge in [-0.3, -0.25) is 4.79 Å². The molecule has 1 aromatic rings. The van der Waals surface area contributed by atoms with Crippen LogP contribution < -0.4 is 5.73 Å². The van der Waals surface area contributed by atoms with Crippen molar-refractivity contribution in [3.8, 4) is 0 Å². The third-order valence-electron chi connectivity index (χ3n) is 0.830. The van der Waals surface area contributed by atoms with E-state index in [1.165, 1.54) is 11.3 Å². The van der Waals surface area contributed by atoms with Crippen LogP contribution in [0.15, 0.2) is 5.38 Å². The number of rotatable bonds is 1. The smallest absolute Gasteiger partial charge is 0.277 e. The molecular formula is C5H6N2OS. The number of hydrogen-bond donors (Lipinski definition) is 1. The summed E-state index contributed by atoms with van der Waals surface area (Å²) in [4.78, 5) is 14.2. The molecular weight excluding hydrogens is 136 g/mol. The first kappa shape index (κ1) is 6.22. The molecule has 2 N–H and O–H groups in total. The van der Waals surface area contributed by atoms with Crippen molar-refractivity contribution in [2.75, 3.05) is 0 Å². The number of amides is 1. The standard InChI is InChI=1S/C5H6N2OS/c1-3-2-9-5(7-3)4(6)8/h2H,1H3,(H2,6,8). The highest BCUT2D eigenvalue weighted by Crippen LogP contribution is 2.06. The van der Waals surface area contributed by atoms with Gasteiger partial charge < -0.3 is 5.73 Å². The van der Waals surface area contributed by atoms with Crippen molar-refractivity contribution in [2.45, 2.75) is 6.92 Å². The number of nitrogens with zero attached hydrogens (tertiary/aromatic N) is 1. The maximum Gasteiger partial charge on any atom is 0.277 e. The van der Waals surface area contributed by atoms with Gasteiger partial charge in [-0.05, 0) is 6.92 Å². The molecule has 0 saturated heterocycles. The largest absolute Gasteiger partial charge is 0.364 e. The predicted molar refractivity (Wildman–Crippen MR) is 35.4 cm³/mol. The third-order valence-corrected chi connectivity index (χ3v) is 1.80. The third kappa shape index (κ3) is 1.26. The summed E-state index contributed by atoms with van der Waals surface area (Å²) in [6, 6.07) is 0. The average molecular weight is 142 g/mol. The number of aromatic nitrogens is 1. The summed E-state index contributed by atoms with van der Waals surface area (Å²) in [5.41, 5.74) is 5.78. The van der Waals surface area contributed by atoms with Crippen LogP contribution >= 0.6 is 11.3 Å². The van der Waals surface area contributed by atoms with Gasteiger partial charge in [-0.2, -0.15) is 0 Å². The van der Waals surface area contributed by atoms with Gasteiger partial charge in [0.25, 0.3) is 5.91 Å². The number of carbonyl (C=O) groups is 1. The fourth-order valence-corrected chi connectivity index (χ4v) is 1.11. The first-order chi connectivity index (χ1) is 4.20. The second-order valence-corrected chi connectivity index (χ2v) is 2.52. The van der Waals surface area contributed by atoms with Crippen LogP contribution in [0.25, 0.3) is 0 Å². The van der Waals surface area contributed by atoms with Crippen molar-refractivity contribution >= 4 is 17.2 Å². The molecule has 3 nitrogen and oxygen atoms in total. The van der Waals surface area contributed by atoms with E-state index in [2.05, 4.69) is 4.98 Å². The van der Waals surface area contributed by atoms with E-state index in [1.807, 2.05) is 6.92 Å². The summed E-state index contributed by atoms with van der Waals surface area (Å²) in [7, 11) is 0. The highest BCUT2D eigenvalue weighted by Gasteiger charge is 2.02. The fourth-order valence-electron chi connectivity index (χ4n) is 0.467. The Morgan fingerprint density at radius 1 is 1.89 bits per heavy atom. The number of carbonyl (C=O) groups excluding carboxylic acids is 1. The van der Waals surface area contributed by atoms with Crippen LogP contribution in [-0.4, -0.2) is 10.9 Å². The number of primary amides is 1. The number of hydrogen-bond acceptors (Lipinski definition) is 3. The van der Waals surface area contributed by atoms with Crippen LogP contribution in [0.1, 0.15) is 15.5 Å². The van der Waals surface area contributed by atoms with Gasteiger partial charge in [0.15, 0.2) is 5.01 Å². The second kappa shape index (κ2) is 2.14. The van der Waals surface area contributed by atoms with Crippen LogP contribution in [0, 0.1) is 6.92 Å². The van der Waals surface area contributed by atoms with E-state index in [0.717, 1.165) is 5.69 Å².